The lowest BCUT2D eigenvalue weighted by molar-refractivity contribution is -0.139. The van der Waals surface area contributed by atoms with E-state index in [2.05, 4.69) is 32.6 Å². The summed E-state index contributed by atoms with van der Waals surface area (Å²) in [5.74, 6) is 0.0450. The van der Waals surface area contributed by atoms with Crippen LogP contribution in [0.5, 0.6) is 0 Å². The van der Waals surface area contributed by atoms with Crippen LogP contribution in [0.4, 0.5) is 10.5 Å². The Hall–Kier alpha value is -3.26. The molecular formula is C22H26N4O4. The van der Waals surface area contributed by atoms with Gasteiger partial charge in [0.2, 0.25) is 0 Å². The Labute approximate surface area is 175 Å². The number of esters is 1. The topological polar surface area (TPSA) is 87.0 Å². The van der Waals surface area contributed by atoms with Crippen LogP contribution in [0.25, 0.3) is 0 Å². The van der Waals surface area contributed by atoms with Gasteiger partial charge in [-0.2, -0.15) is 0 Å². The van der Waals surface area contributed by atoms with Gasteiger partial charge in [0.15, 0.2) is 0 Å². The van der Waals surface area contributed by atoms with Crippen molar-refractivity contribution < 1.29 is 18.7 Å². The van der Waals surface area contributed by atoms with Gasteiger partial charge >= 0.3 is 12.0 Å². The summed E-state index contributed by atoms with van der Waals surface area (Å²) in [5.41, 5.74) is 2.15. The van der Waals surface area contributed by atoms with Crippen molar-refractivity contribution in [2.24, 2.45) is 0 Å². The molecule has 158 valence electrons. The number of piperazine rings is 1. The average molecular weight is 410 g/mol. The Morgan fingerprint density at radius 3 is 2.57 bits per heavy atom. The van der Waals surface area contributed by atoms with E-state index in [1.807, 2.05) is 18.2 Å². The molecule has 0 bridgehead atoms. The summed E-state index contributed by atoms with van der Waals surface area (Å²) >= 11 is 0. The first kappa shape index (κ1) is 20.0. The molecule has 2 aliphatic rings. The molecule has 30 heavy (non-hydrogen) atoms. The first-order valence-corrected chi connectivity index (χ1v) is 10.2. The number of urea groups is 1. The second-order valence-electron chi connectivity index (χ2n) is 7.26. The van der Waals surface area contributed by atoms with Crippen molar-refractivity contribution in [3.05, 3.63) is 65.8 Å². The van der Waals surface area contributed by atoms with Crippen LogP contribution < -0.4 is 15.5 Å². The molecular weight excluding hydrogens is 384 g/mol. The second kappa shape index (κ2) is 9.04. The van der Waals surface area contributed by atoms with Crippen LogP contribution in [0.15, 0.2) is 64.4 Å². The summed E-state index contributed by atoms with van der Waals surface area (Å²) in [6.45, 7) is 5.87. The zero-order chi connectivity index (χ0) is 20.9. The molecule has 2 amide bonds. The van der Waals surface area contributed by atoms with Gasteiger partial charge in [-0.05, 0) is 31.2 Å². The largest absolute Gasteiger partial charge is 0.467 e. The Morgan fingerprint density at radius 1 is 1.13 bits per heavy atom. The Bertz CT molecular complexity index is 902. The van der Waals surface area contributed by atoms with Crippen LogP contribution in [-0.4, -0.2) is 56.2 Å². The van der Waals surface area contributed by atoms with Gasteiger partial charge in [-0.25, -0.2) is 9.59 Å². The molecule has 2 N–H and O–H groups in total. The molecule has 1 aromatic carbocycles. The maximum atomic E-state index is 12.8. The van der Waals surface area contributed by atoms with E-state index in [-0.39, 0.29) is 12.6 Å². The highest BCUT2D eigenvalue weighted by Gasteiger charge is 2.36. The number of amides is 2. The van der Waals surface area contributed by atoms with Gasteiger partial charge in [0.05, 0.1) is 18.4 Å². The van der Waals surface area contributed by atoms with E-state index < -0.39 is 12.0 Å². The predicted octanol–water partition coefficient (Wildman–Crippen LogP) is 2.27. The maximum Gasteiger partial charge on any atom is 0.338 e. The number of furan rings is 1. The molecule has 4 rings (SSSR count). The summed E-state index contributed by atoms with van der Waals surface area (Å²) in [6, 6.07) is 12.7. The number of carbonyl (C=O) groups is 2. The van der Waals surface area contributed by atoms with Gasteiger partial charge < -0.3 is 24.7 Å². The Morgan fingerprint density at radius 2 is 1.90 bits per heavy atom. The highest BCUT2D eigenvalue weighted by molar-refractivity contribution is 5.95. The number of ether oxygens (including phenoxy) is 1. The normalized spacial score (nSPS) is 20.0. The first-order valence-electron chi connectivity index (χ1n) is 10.2. The molecule has 0 spiro atoms. The van der Waals surface area contributed by atoms with Crippen molar-refractivity contribution in [3.63, 3.8) is 0 Å². The van der Waals surface area contributed by atoms with Crippen molar-refractivity contribution in [1.29, 1.82) is 0 Å². The molecule has 8 heteroatoms. The van der Waals surface area contributed by atoms with E-state index in [9.17, 15) is 9.59 Å². The van der Waals surface area contributed by atoms with Crippen LogP contribution in [0.1, 0.15) is 18.7 Å². The number of nitrogens with zero attached hydrogens (tertiary/aromatic N) is 2. The number of para-hydroxylation sites is 1. The lowest BCUT2D eigenvalue weighted by atomic mass is 9.99. The molecule has 0 radical (unpaired) electrons. The van der Waals surface area contributed by atoms with Gasteiger partial charge in [-0.3, -0.25) is 4.90 Å². The van der Waals surface area contributed by atoms with Gasteiger partial charge in [-0.1, -0.05) is 18.2 Å². The van der Waals surface area contributed by atoms with E-state index in [4.69, 9.17) is 9.15 Å². The lowest BCUT2D eigenvalue weighted by Crippen LogP contribution is -2.51. The molecule has 2 aliphatic heterocycles. The number of carbonyl (C=O) groups excluding carboxylic acids is 2. The molecule has 1 unspecified atom stereocenters. The molecule has 3 heterocycles. The number of hydrogen-bond acceptors (Lipinski definition) is 6. The third kappa shape index (κ3) is 4.33. The first-order chi connectivity index (χ1) is 14.7. The molecule has 0 saturated carbocycles. The average Bonchev–Trinajstić information content (AvgIpc) is 3.29. The van der Waals surface area contributed by atoms with Crippen molar-refractivity contribution in [3.8, 4) is 0 Å². The molecule has 2 aromatic rings. The molecule has 0 aliphatic carbocycles. The predicted molar refractivity (Wildman–Crippen MR) is 112 cm³/mol. The van der Waals surface area contributed by atoms with Crippen LogP contribution in [0.3, 0.4) is 0 Å². The maximum absolute atomic E-state index is 12.8. The standard InChI is InChI=1S/C22H26N4O4/c1-2-29-21(27)19-17(23-22(28)24-20(19)18-9-6-14-30-18)15-25-10-12-26(13-11-25)16-7-4-3-5-8-16/h3-9,14,20H,2,10-13,15H2,1H3,(H2,23,24,28). The summed E-state index contributed by atoms with van der Waals surface area (Å²) in [5, 5.41) is 5.59. The van der Waals surface area contributed by atoms with Crippen LogP contribution in [0.2, 0.25) is 0 Å². The van der Waals surface area contributed by atoms with Crippen molar-refractivity contribution in [1.82, 2.24) is 15.5 Å². The van der Waals surface area contributed by atoms with Gasteiger partial charge in [0, 0.05) is 44.1 Å². The number of benzene rings is 1. The van der Waals surface area contributed by atoms with E-state index in [0.29, 0.717) is 23.6 Å². The number of anilines is 1. The second-order valence-corrected chi connectivity index (χ2v) is 7.26. The van der Waals surface area contributed by atoms with E-state index in [1.54, 1.807) is 19.1 Å². The van der Waals surface area contributed by atoms with Gasteiger partial charge in [0.25, 0.3) is 0 Å². The van der Waals surface area contributed by atoms with Crippen LogP contribution in [-0.2, 0) is 9.53 Å². The third-order valence-corrected chi connectivity index (χ3v) is 5.35. The molecule has 1 atom stereocenters. The highest BCUT2D eigenvalue weighted by atomic mass is 16.5. The summed E-state index contributed by atoms with van der Waals surface area (Å²) in [4.78, 5) is 29.6. The minimum atomic E-state index is -0.673. The van der Waals surface area contributed by atoms with Crippen LogP contribution in [0, 0.1) is 0 Å². The number of rotatable bonds is 6. The Kier molecular flexibility index (Phi) is 6.04. The quantitative estimate of drug-likeness (QED) is 0.711. The zero-order valence-electron chi connectivity index (χ0n) is 17.0. The lowest BCUT2D eigenvalue weighted by Gasteiger charge is -2.37. The molecule has 1 saturated heterocycles. The molecule has 1 aromatic heterocycles. The minimum absolute atomic E-state index is 0.254. The van der Waals surface area contributed by atoms with Gasteiger partial charge in [-0.15, -0.1) is 0 Å². The van der Waals surface area contributed by atoms with Crippen LogP contribution >= 0.6 is 0 Å². The number of nitrogens with one attached hydrogen (secondary N) is 2. The van der Waals surface area contributed by atoms with E-state index >= 15 is 0 Å². The zero-order valence-corrected chi connectivity index (χ0v) is 17.0. The SMILES string of the molecule is CCOC(=O)C1=C(CN2CCN(c3ccccc3)CC2)NC(=O)NC1c1ccco1. The minimum Gasteiger partial charge on any atom is -0.467 e. The molecule has 8 nitrogen and oxygen atoms in total. The highest BCUT2D eigenvalue weighted by Crippen LogP contribution is 2.28. The third-order valence-electron chi connectivity index (χ3n) is 5.35. The number of hydrogen-bond donors (Lipinski definition) is 2. The van der Waals surface area contributed by atoms with Gasteiger partial charge in [0.1, 0.15) is 11.8 Å². The smallest absolute Gasteiger partial charge is 0.338 e. The molecule has 1 fully saturated rings. The fourth-order valence-corrected chi connectivity index (χ4v) is 3.89. The summed E-state index contributed by atoms with van der Waals surface area (Å²) in [7, 11) is 0. The fraction of sp³-hybridized carbons (Fsp3) is 0.364. The van der Waals surface area contributed by atoms with E-state index in [1.165, 1.54) is 12.0 Å². The fourth-order valence-electron chi connectivity index (χ4n) is 3.89. The van der Waals surface area contributed by atoms with Crippen molar-refractivity contribution in [2.45, 2.75) is 13.0 Å². The van der Waals surface area contributed by atoms with Crippen molar-refractivity contribution in [2.75, 3.05) is 44.2 Å². The Balaban J connectivity index is 1.53. The summed E-state index contributed by atoms with van der Waals surface area (Å²) < 4.78 is 10.8. The summed E-state index contributed by atoms with van der Waals surface area (Å²) in [6.07, 6.45) is 1.52. The van der Waals surface area contributed by atoms with E-state index in [0.717, 1.165) is 26.2 Å². The monoisotopic (exact) mass is 410 g/mol. The van der Waals surface area contributed by atoms with Crippen molar-refractivity contribution >= 4 is 17.7 Å².